The zero-order valence-electron chi connectivity index (χ0n) is 6.01. The van der Waals surface area contributed by atoms with Crippen LogP contribution in [0.25, 0.3) is 0 Å². The van der Waals surface area contributed by atoms with Crippen molar-refractivity contribution < 1.29 is 35.4 Å². The molecule has 0 saturated heterocycles. The monoisotopic (exact) mass is 212 g/mol. The minimum absolute atomic E-state index is 0. The van der Waals surface area contributed by atoms with Crippen molar-refractivity contribution in [1.82, 2.24) is 0 Å². The Morgan fingerprint density at radius 2 is 1.30 bits per heavy atom. The van der Waals surface area contributed by atoms with Gasteiger partial charge in [0, 0.05) is 16.5 Å². The summed E-state index contributed by atoms with van der Waals surface area (Å²) in [4.78, 5) is 17.0. The smallest absolute Gasteiger partial charge is 0.276 e. The van der Waals surface area contributed by atoms with Gasteiger partial charge in [0.05, 0.1) is 21.1 Å². The van der Waals surface area contributed by atoms with Crippen LogP contribution in [-0.4, -0.2) is 25.7 Å². The molecule has 0 saturated carbocycles. The number of nitrogens with zero attached hydrogens (tertiary/aromatic N) is 1. The molecule has 0 spiro atoms. The van der Waals surface area contributed by atoms with Gasteiger partial charge in [-0.15, -0.1) is 0 Å². The molecule has 0 heterocycles. The Morgan fingerprint density at radius 1 is 1.30 bits per heavy atom. The van der Waals surface area contributed by atoms with E-state index in [4.69, 9.17) is 20.2 Å². The first-order valence-corrected chi connectivity index (χ1v) is 3.24. The molecular formula is C3H11N2NiO3P. The second kappa shape index (κ2) is 7.54. The predicted molar refractivity (Wildman–Crippen MR) is 29.8 cm³/mol. The van der Waals surface area contributed by atoms with Gasteiger partial charge in [0.15, 0.2) is 0 Å². The molecule has 0 aromatic heterocycles. The molecule has 0 aromatic carbocycles. The van der Waals surface area contributed by atoms with Crippen molar-refractivity contribution in [3.8, 4) is 0 Å². The van der Waals surface area contributed by atoms with Crippen LogP contribution in [0.3, 0.4) is 0 Å². The minimum Gasteiger partial charge on any atom is -0.598 e. The fourth-order valence-corrected chi connectivity index (χ4v) is 0. The Kier molecular flexibility index (Phi) is 12.7. The molecule has 7 heteroatoms. The summed E-state index contributed by atoms with van der Waals surface area (Å²) in [5.74, 6) is 5.29. The minimum atomic E-state index is -3.37. The van der Waals surface area contributed by atoms with Gasteiger partial charge in [0.2, 0.25) is 0 Å². The summed E-state index contributed by atoms with van der Waals surface area (Å²) in [6.45, 7) is 0. The maximum Gasteiger partial charge on any atom is 0.276 e. The molecule has 0 atom stereocenters. The first-order valence-electron chi connectivity index (χ1n) is 2.15. The van der Waals surface area contributed by atoms with E-state index in [1.54, 1.807) is 0 Å². The number of hydrogen-bond acceptors (Lipinski definition) is 4. The molecule has 2 N–H and O–H groups in total. The molecular weight excluding hydrogens is 202 g/mol. The summed E-state index contributed by atoms with van der Waals surface area (Å²) in [5.41, 5.74) is 0. The van der Waals surface area contributed by atoms with Crippen LogP contribution >= 0.6 is 8.25 Å². The molecule has 10 heavy (non-hydrogen) atoms. The Labute approximate surface area is 71.3 Å². The molecule has 0 rings (SSSR count). The second-order valence-corrected chi connectivity index (χ2v) is 2.79. The molecule has 0 bridgehead atoms. The quantitative estimate of drug-likeness (QED) is 0.164. The Hall–Kier alpha value is 0.434. The van der Waals surface area contributed by atoms with Crippen LogP contribution in [0.15, 0.2) is 0 Å². The van der Waals surface area contributed by atoms with E-state index in [0.29, 0.717) is 4.59 Å². The summed E-state index contributed by atoms with van der Waals surface area (Å²) in [6.07, 6.45) is 0. The number of nitrogens with two attached hydrogens (primary N) is 1. The maximum atomic E-state index is 8.48. The van der Waals surface area contributed by atoms with Crippen molar-refractivity contribution in [1.29, 1.82) is 0 Å². The molecule has 66 valence electrons. The van der Waals surface area contributed by atoms with Crippen molar-refractivity contribution in [2.45, 2.75) is 0 Å². The summed E-state index contributed by atoms with van der Waals surface area (Å²) < 4.78 is 8.98. The van der Waals surface area contributed by atoms with E-state index in [2.05, 4.69) is 0 Å². The third-order valence-corrected chi connectivity index (χ3v) is 0. The van der Waals surface area contributed by atoms with E-state index < -0.39 is 8.25 Å². The fraction of sp³-hybridized carbons (Fsp3) is 1.00. The molecule has 0 aliphatic heterocycles. The van der Waals surface area contributed by atoms with Crippen molar-refractivity contribution >= 4 is 8.25 Å². The molecule has 5 nitrogen and oxygen atoms in total. The normalized spacial score (nSPS) is 8.60. The van der Waals surface area contributed by atoms with Gasteiger partial charge >= 0.3 is 0 Å². The van der Waals surface area contributed by atoms with Crippen LogP contribution in [0, 0.1) is 0 Å². The second-order valence-electron chi connectivity index (χ2n) is 2.34. The van der Waals surface area contributed by atoms with Crippen LogP contribution in [0.4, 0.5) is 0 Å². The molecule has 0 amide bonds. The van der Waals surface area contributed by atoms with Crippen molar-refractivity contribution in [3.63, 3.8) is 0 Å². The first-order chi connectivity index (χ1) is 3.73. The van der Waals surface area contributed by atoms with Gasteiger partial charge < -0.3 is 9.79 Å². The van der Waals surface area contributed by atoms with E-state index in [9.17, 15) is 0 Å². The van der Waals surface area contributed by atoms with Crippen molar-refractivity contribution in [2.75, 3.05) is 21.1 Å². The van der Waals surface area contributed by atoms with Gasteiger partial charge in [-0.05, 0) is 0 Å². The van der Waals surface area contributed by atoms with Gasteiger partial charge in [0.25, 0.3) is 8.25 Å². The molecule has 0 unspecified atom stereocenters. The molecule has 0 radical (unpaired) electrons. The molecule has 0 aromatic rings. The summed E-state index contributed by atoms with van der Waals surface area (Å²) in [5, 5.41) is 0. The Balaban J connectivity index is -0.0000000910. The summed E-state index contributed by atoms with van der Waals surface area (Å²) in [6, 6.07) is 0. The van der Waals surface area contributed by atoms with Crippen LogP contribution in [0.5, 0.6) is 0 Å². The van der Waals surface area contributed by atoms with E-state index in [1.807, 2.05) is 21.1 Å². The van der Waals surface area contributed by atoms with Gasteiger partial charge in [-0.25, -0.2) is 0 Å². The average molecular weight is 213 g/mol. The van der Waals surface area contributed by atoms with Crippen molar-refractivity contribution in [2.24, 2.45) is 5.84 Å². The third-order valence-electron chi connectivity index (χ3n) is 0. The molecule has 0 fully saturated rings. The zero-order chi connectivity index (χ0) is 8.08. The topological polar surface area (TPSA) is 89.2 Å². The largest absolute Gasteiger partial charge is 0.598 e. The number of quaternary nitrogens is 1. The Morgan fingerprint density at radius 3 is 1.30 bits per heavy atom. The molecule has 0 aliphatic carbocycles. The number of hydrogen-bond donors (Lipinski definition) is 1. The molecule has 0 aliphatic rings. The van der Waals surface area contributed by atoms with E-state index in [1.165, 1.54) is 0 Å². The SMILES string of the molecule is C[N+](C)(C)N.O=[P+]([O-])[O-].[Ni]. The van der Waals surface area contributed by atoms with Crippen molar-refractivity contribution in [3.05, 3.63) is 0 Å². The predicted octanol–water partition coefficient (Wildman–Crippen LogP) is -2.07. The summed E-state index contributed by atoms with van der Waals surface area (Å²) >= 11 is 0. The van der Waals surface area contributed by atoms with Crippen LogP contribution in [0.2, 0.25) is 0 Å². The standard InChI is InChI=1S/C3H11N2.Ni.HO3P/c1-5(2,3)4;;1-4(2)3/h4H2,1-3H3;;(H,1,2,3)/q+1;;/p-1. The first kappa shape index (κ1) is 16.8. The number of rotatable bonds is 0. The van der Waals surface area contributed by atoms with E-state index >= 15 is 0 Å². The van der Waals surface area contributed by atoms with Crippen LogP contribution in [0.1, 0.15) is 0 Å². The Bertz CT molecular complexity index is 84.2. The van der Waals surface area contributed by atoms with Gasteiger partial charge in [-0.2, -0.15) is 5.84 Å². The average Bonchev–Trinajstić information content (AvgIpc) is 1.19. The van der Waals surface area contributed by atoms with Gasteiger partial charge in [0.1, 0.15) is 0 Å². The third kappa shape index (κ3) is 2480. The van der Waals surface area contributed by atoms with Gasteiger partial charge in [-0.3, -0.25) is 4.59 Å². The van der Waals surface area contributed by atoms with Gasteiger partial charge in [-0.1, -0.05) is 4.57 Å². The zero-order valence-corrected chi connectivity index (χ0v) is 7.89. The van der Waals surface area contributed by atoms with Crippen LogP contribution < -0.4 is 15.6 Å². The maximum absolute atomic E-state index is 8.48. The fourth-order valence-electron chi connectivity index (χ4n) is 0. The summed E-state index contributed by atoms with van der Waals surface area (Å²) in [7, 11) is 2.34. The van der Waals surface area contributed by atoms with E-state index in [0.717, 1.165) is 0 Å². The van der Waals surface area contributed by atoms with Crippen LogP contribution in [-0.2, 0) is 21.1 Å². The van der Waals surface area contributed by atoms with E-state index in [-0.39, 0.29) is 16.5 Å².